The minimum atomic E-state index is -4.45. The van der Waals surface area contributed by atoms with Crippen LogP contribution >= 0.6 is 11.6 Å². The van der Waals surface area contributed by atoms with E-state index in [0.717, 1.165) is 12.5 Å². The molecule has 0 heterocycles. The van der Waals surface area contributed by atoms with Crippen LogP contribution in [0, 0.1) is 0 Å². The van der Waals surface area contributed by atoms with E-state index in [1.807, 2.05) is 42.5 Å². The van der Waals surface area contributed by atoms with Crippen LogP contribution in [0.15, 0.2) is 78.9 Å². The Balaban J connectivity index is 2.04. The molecule has 3 rings (SSSR count). The Morgan fingerprint density at radius 2 is 1.12 bits per heavy atom. The number of rotatable bonds is 7. The van der Waals surface area contributed by atoms with Crippen LogP contribution in [-0.2, 0) is 17.0 Å². The topological polar surface area (TPSA) is 0 Å². The van der Waals surface area contributed by atoms with Crippen LogP contribution in [0.5, 0.6) is 0 Å². The van der Waals surface area contributed by atoms with Crippen LogP contribution < -0.4 is 3.58 Å². The first kappa shape index (κ1) is 25.2. The van der Waals surface area contributed by atoms with Crippen molar-refractivity contribution in [3.63, 3.8) is 0 Å². The van der Waals surface area contributed by atoms with Gasteiger partial charge in [0, 0.05) is 0 Å². The number of halogens is 4. The molecule has 0 aliphatic heterocycles. The number of alkyl halides is 3. The molecule has 32 heavy (non-hydrogen) atoms. The van der Waals surface area contributed by atoms with E-state index in [9.17, 15) is 13.2 Å². The summed E-state index contributed by atoms with van der Waals surface area (Å²) in [5.74, 6) is 0. The molecule has 169 valence electrons. The van der Waals surface area contributed by atoms with Crippen LogP contribution in [0.2, 0.25) is 13.9 Å². The molecule has 1 radical (unpaired) electrons. The zero-order chi connectivity index (χ0) is 23.6. The molecule has 0 aliphatic carbocycles. The Morgan fingerprint density at radius 3 is 1.53 bits per heavy atom. The van der Waals surface area contributed by atoms with E-state index in [1.165, 1.54) is 23.3 Å². The molecule has 0 bridgehead atoms. The molecule has 0 aromatic heterocycles. The van der Waals surface area contributed by atoms with Crippen molar-refractivity contribution in [1.82, 2.24) is 0 Å². The van der Waals surface area contributed by atoms with Gasteiger partial charge in [0.2, 0.25) is 0 Å². The summed E-state index contributed by atoms with van der Waals surface area (Å²) in [6.45, 7) is 8.83. The number of benzene rings is 3. The summed E-state index contributed by atoms with van der Waals surface area (Å²) in [4.78, 5) is 0. The van der Waals surface area contributed by atoms with Crippen LogP contribution in [-0.4, -0.2) is 19.8 Å². The van der Waals surface area contributed by atoms with Gasteiger partial charge < -0.3 is 0 Å². The Hall–Kier alpha value is -1.46. The van der Waals surface area contributed by atoms with E-state index in [0.29, 0.717) is 0 Å². The molecule has 0 spiro atoms. The summed E-state index contributed by atoms with van der Waals surface area (Å²) in [6, 6.07) is 25.2. The summed E-state index contributed by atoms with van der Waals surface area (Å²) in [5.41, 5.74) is 1.48. The Kier molecular flexibility index (Phi) is 7.71. The molecule has 3 aromatic carbocycles. The second-order valence-corrected chi connectivity index (χ2v) is 17.2. The molecule has 5 heteroatoms. The summed E-state index contributed by atoms with van der Waals surface area (Å²) >= 11 is 3.35. The normalized spacial score (nSPS) is 12.9. The van der Waals surface area contributed by atoms with E-state index < -0.39 is 31.5 Å². The van der Waals surface area contributed by atoms with Crippen LogP contribution in [0.4, 0.5) is 13.2 Å². The first-order valence-electron chi connectivity index (χ1n) is 10.7. The molecule has 3 aromatic rings. The van der Waals surface area contributed by atoms with Gasteiger partial charge in [0.1, 0.15) is 0 Å². The SMILES string of the molecule is CC(C)([CH2][Sn]([CH2]C(C)(C)c1ccccc1)[c]1ccc(Cl)c(C(F)(F)F)c1)c1ccccc1. The van der Waals surface area contributed by atoms with E-state index in [1.54, 1.807) is 0 Å². The average molecular weight is 565 g/mol. The monoisotopic (exact) mass is 565 g/mol. The van der Waals surface area contributed by atoms with E-state index in [-0.39, 0.29) is 15.9 Å². The van der Waals surface area contributed by atoms with Gasteiger partial charge in [-0.05, 0) is 0 Å². The standard InChI is InChI=1S/2C10H13.C7H3ClF3.Sn/c2*1-10(2,3)9-7-5-4-6-8-9;8-6-4-2-1-3-5(6)7(9,10)11;/h2*4-8H,1H2,2-3H3;2-4H;. The van der Waals surface area contributed by atoms with Gasteiger partial charge in [-0.1, -0.05) is 0 Å². The van der Waals surface area contributed by atoms with Crippen LogP contribution in [0.3, 0.4) is 0 Å². The fraction of sp³-hybridized carbons (Fsp3) is 0.333. The average Bonchev–Trinajstić information content (AvgIpc) is 2.74. The maximum absolute atomic E-state index is 13.6. The third-order valence-electron chi connectivity index (χ3n) is 6.10. The van der Waals surface area contributed by atoms with Gasteiger partial charge in [-0.3, -0.25) is 0 Å². The van der Waals surface area contributed by atoms with Gasteiger partial charge in [0.25, 0.3) is 0 Å². The number of hydrogen-bond acceptors (Lipinski definition) is 0. The van der Waals surface area contributed by atoms with Gasteiger partial charge in [-0.25, -0.2) is 0 Å². The van der Waals surface area contributed by atoms with Crippen molar-refractivity contribution in [2.75, 3.05) is 0 Å². The zero-order valence-corrected chi connectivity index (χ0v) is 22.5. The van der Waals surface area contributed by atoms with E-state index >= 15 is 0 Å². The quantitative estimate of drug-likeness (QED) is 0.255. The van der Waals surface area contributed by atoms with Crippen molar-refractivity contribution in [1.29, 1.82) is 0 Å². The summed E-state index contributed by atoms with van der Waals surface area (Å²) in [5, 5.41) is -0.228. The third kappa shape index (κ3) is 6.11. The van der Waals surface area contributed by atoms with Crippen molar-refractivity contribution in [2.24, 2.45) is 0 Å². The molecular formula is C27H29ClF3Sn. The second kappa shape index (κ2) is 9.80. The minimum absolute atomic E-state index is 0.124. The molecule has 0 amide bonds. The molecule has 0 N–H and O–H groups in total. The maximum atomic E-state index is 13.6. The van der Waals surface area contributed by atoms with Crippen molar-refractivity contribution in [3.8, 4) is 0 Å². The molecule has 0 unspecified atom stereocenters. The number of hydrogen-bond donors (Lipinski definition) is 0. The van der Waals surface area contributed by atoms with Gasteiger partial charge in [0.05, 0.1) is 0 Å². The first-order valence-corrected chi connectivity index (χ1v) is 16.6. The first-order chi connectivity index (χ1) is 14.9. The van der Waals surface area contributed by atoms with Gasteiger partial charge in [0.15, 0.2) is 0 Å². The predicted molar refractivity (Wildman–Crippen MR) is 130 cm³/mol. The van der Waals surface area contributed by atoms with Gasteiger partial charge >= 0.3 is 202 Å². The van der Waals surface area contributed by atoms with Gasteiger partial charge in [-0.2, -0.15) is 0 Å². The molecule has 0 aliphatic rings. The Labute approximate surface area is 201 Å². The van der Waals surface area contributed by atoms with Crippen molar-refractivity contribution >= 4 is 34.9 Å². The third-order valence-corrected chi connectivity index (χ3v) is 17.1. The fourth-order valence-corrected chi connectivity index (χ4v) is 15.2. The summed E-state index contributed by atoms with van der Waals surface area (Å²) < 4.78 is 43.6. The predicted octanol–water partition coefficient (Wildman–Crippen LogP) is 8.02. The zero-order valence-electron chi connectivity index (χ0n) is 18.9. The van der Waals surface area contributed by atoms with Crippen molar-refractivity contribution in [3.05, 3.63) is 101 Å². The molecule has 0 atom stereocenters. The Bertz CT molecular complexity index is 974. The van der Waals surface area contributed by atoms with Crippen LogP contribution in [0.25, 0.3) is 0 Å². The van der Waals surface area contributed by atoms with Crippen LogP contribution in [0.1, 0.15) is 44.4 Å². The molecule has 0 saturated heterocycles. The summed E-state index contributed by atoms with van der Waals surface area (Å²) in [7, 11) is 0. The van der Waals surface area contributed by atoms with E-state index in [4.69, 9.17) is 11.6 Å². The Morgan fingerprint density at radius 1 is 0.688 bits per heavy atom. The molecule has 0 fully saturated rings. The second-order valence-electron chi connectivity index (χ2n) is 9.65. The molecule has 0 nitrogen and oxygen atoms in total. The van der Waals surface area contributed by atoms with Gasteiger partial charge in [-0.15, -0.1) is 0 Å². The van der Waals surface area contributed by atoms with E-state index in [2.05, 4.69) is 52.0 Å². The summed E-state index contributed by atoms with van der Waals surface area (Å²) in [6.07, 6.45) is -4.45. The van der Waals surface area contributed by atoms with Crippen molar-refractivity contribution in [2.45, 2.75) is 53.6 Å². The molecular weight excluding hydrogens is 535 g/mol. The van der Waals surface area contributed by atoms with Crippen molar-refractivity contribution < 1.29 is 13.2 Å². The fourth-order valence-electron chi connectivity index (χ4n) is 4.28. The molecule has 0 saturated carbocycles.